The first kappa shape index (κ1) is 10.9. The first-order valence-electron chi connectivity index (χ1n) is 5.92. The molecule has 0 aromatic heterocycles. The van der Waals surface area contributed by atoms with Crippen LogP contribution in [0.1, 0.15) is 26.2 Å². The minimum atomic E-state index is -0.248. The summed E-state index contributed by atoms with van der Waals surface area (Å²) in [6.07, 6.45) is 3.08. The van der Waals surface area contributed by atoms with Crippen molar-refractivity contribution in [3.05, 3.63) is 0 Å². The molecular weight excluding hydrogens is 192 g/mol. The topological polar surface area (TPSA) is 41.6 Å². The third kappa shape index (κ3) is 2.16. The molecule has 1 heterocycles. The van der Waals surface area contributed by atoms with E-state index < -0.39 is 0 Å². The number of hydrogen-bond donors (Lipinski definition) is 1. The van der Waals surface area contributed by atoms with Crippen LogP contribution in [0.5, 0.6) is 0 Å². The Morgan fingerprint density at radius 2 is 2.20 bits per heavy atom. The molecule has 0 spiro atoms. The van der Waals surface area contributed by atoms with Gasteiger partial charge in [-0.1, -0.05) is 0 Å². The van der Waals surface area contributed by atoms with Crippen LogP contribution in [0.15, 0.2) is 0 Å². The van der Waals surface area contributed by atoms with Crippen LogP contribution in [-0.2, 0) is 9.53 Å². The van der Waals surface area contributed by atoms with Gasteiger partial charge >= 0.3 is 5.97 Å². The molecule has 0 aromatic carbocycles. The number of esters is 1. The van der Waals surface area contributed by atoms with Gasteiger partial charge in [-0.15, -0.1) is 0 Å². The van der Waals surface area contributed by atoms with E-state index in [0.29, 0.717) is 6.61 Å². The number of hydrogen-bond acceptors (Lipinski definition) is 4. The molecule has 0 amide bonds. The second-order valence-corrected chi connectivity index (χ2v) is 4.34. The summed E-state index contributed by atoms with van der Waals surface area (Å²) in [5.41, 5.74) is -0.248. The van der Waals surface area contributed by atoms with Crippen LogP contribution in [0.2, 0.25) is 0 Å². The molecule has 1 saturated carbocycles. The van der Waals surface area contributed by atoms with Crippen LogP contribution >= 0.6 is 0 Å². The van der Waals surface area contributed by atoms with E-state index in [1.807, 2.05) is 6.92 Å². The van der Waals surface area contributed by atoms with Gasteiger partial charge in [0.15, 0.2) is 0 Å². The zero-order valence-electron chi connectivity index (χ0n) is 9.42. The average Bonchev–Trinajstić information content (AvgIpc) is 3.04. The van der Waals surface area contributed by atoms with Crippen molar-refractivity contribution in [1.82, 2.24) is 10.2 Å². The van der Waals surface area contributed by atoms with Gasteiger partial charge in [0.2, 0.25) is 0 Å². The Labute approximate surface area is 91.0 Å². The third-order valence-corrected chi connectivity index (χ3v) is 3.32. The van der Waals surface area contributed by atoms with Crippen molar-refractivity contribution in [2.45, 2.75) is 31.7 Å². The lowest BCUT2D eigenvalue weighted by molar-refractivity contribution is -0.151. The van der Waals surface area contributed by atoms with Crippen molar-refractivity contribution >= 4 is 5.97 Å². The largest absolute Gasteiger partial charge is 0.465 e. The van der Waals surface area contributed by atoms with E-state index in [1.54, 1.807) is 0 Å². The normalized spacial score (nSPS) is 25.7. The highest BCUT2D eigenvalue weighted by atomic mass is 16.5. The van der Waals surface area contributed by atoms with Gasteiger partial charge in [-0.2, -0.15) is 0 Å². The summed E-state index contributed by atoms with van der Waals surface area (Å²) >= 11 is 0. The Morgan fingerprint density at radius 1 is 1.40 bits per heavy atom. The summed E-state index contributed by atoms with van der Waals surface area (Å²) in [7, 11) is 0. The Hall–Kier alpha value is -0.610. The predicted molar refractivity (Wildman–Crippen MR) is 57.7 cm³/mol. The van der Waals surface area contributed by atoms with Crippen molar-refractivity contribution in [2.75, 3.05) is 32.8 Å². The quantitative estimate of drug-likeness (QED) is 0.687. The van der Waals surface area contributed by atoms with Gasteiger partial charge in [-0.05, 0) is 32.7 Å². The molecule has 86 valence electrons. The average molecular weight is 212 g/mol. The van der Waals surface area contributed by atoms with Gasteiger partial charge in [0.1, 0.15) is 5.54 Å². The Morgan fingerprint density at radius 3 is 2.87 bits per heavy atom. The van der Waals surface area contributed by atoms with Crippen molar-refractivity contribution in [3.8, 4) is 0 Å². The maximum Gasteiger partial charge on any atom is 0.326 e. The molecule has 2 aliphatic rings. The Kier molecular flexibility index (Phi) is 3.26. The van der Waals surface area contributed by atoms with Crippen LogP contribution in [0, 0.1) is 0 Å². The molecule has 1 N–H and O–H groups in total. The maximum atomic E-state index is 11.9. The smallest absolute Gasteiger partial charge is 0.326 e. The summed E-state index contributed by atoms with van der Waals surface area (Å²) in [5.74, 6) is -0.00750. The molecule has 0 unspecified atom stereocenters. The summed E-state index contributed by atoms with van der Waals surface area (Å²) in [6, 6.07) is 0. The molecule has 2 fully saturated rings. The fourth-order valence-electron chi connectivity index (χ4n) is 2.31. The van der Waals surface area contributed by atoms with Crippen LogP contribution in [0.3, 0.4) is 0 Å². The van der Waals surface area contributed by atoms with Gasteiger partial charge in [0, 0.05) is 19.6 Å². The molecule has 1 saturated heterocycles. The second kappa shape index (κ2) is 4.49. The van der Waals surface area contributed by atoms with Crippen molar-refractivity contribution in [3.63, 3.8) is 0 Å². The first-order chi connectivity index (χ1) is 7.29. The van der Waals surface area contributed by atoms with E-state index in [9.17, 15) is 4.79 Å². The number of rotatable bonds is 3. The SMILES string of the molecule is CCOC(=O)C1(N2CCCNCC2)CC1. The zero-order valence-corrected chi connectivity index (χ0v) is 9.42. The fourth-order valence-corrected chi connectivity index (χ4v) is 2.31. The van der Waals surface area contributed by atoms with Crippen LogP contribution in [0.4, 0.5) is 0 Å². The van der Waals surface area contributed by atoms with Gasteiger partial charge in [-0.3, -0.25) is 9.69 Å². The predicted octanol–water partition coefficient (Wildman–Crippen LogP) is 0.377. The van der Waals surface area contributed by atoms with Crippen molar-refractivity contribution < 1.29 is 9.53 Å². The third-order valence-electron chi connectivity index (χ3n) is 3.32. The number of carbonyl (C=O) groups is 1. The van der Waals surface area contributed by atoms with Crippen LogP contribution in [-0.4, -0.2) is 49.2 Å². The molecule has 4 heteroatoms. The maximum absolute atomic E-state index is 11.9. The lowest BCUT2D eigenvalue weighted by Crippen LogP contribution is -2.46. The first-order valence-corrected chi connectivity index (χ1v) is 5.92. The number of ether oxygens (including phenoxy) is 1. The summed E-state index contributed by atoms with van der Waals surface area (Å²) in [5, 5.41) is 3.35. The summed E-state index contributed by atoms with van der Waals surface area (Å²) in [4.78, 5) is 14.2. The monoisotopic (exact) mass is 212 g/mol. The van der Waals surface area contributed by atoms with Crippen molar-refractivity contribution in [2.24, 2.45) is 0 Å². The Bertz CT molecular complexity index is 231. The van der Waals surface area contributed by atoms with E-state index in [0.717, 1.165) is 45.4 Å². The van der Waals surface area contributed by atoms with E-state index in [-0.39, 0.29) is 11.5 Å². The van der Waals surface area contributed by atoms with Gasteiger partial charge in [-0.25, -0.2) is 0 Å². The van der Waals surface area contributed by atoms with Crippen LogP contribution < -0.4 is 5.32 Å². The molecule has 0 aromatic rings. The number of carbonyl (C=O) groups excluding carboxylic acids is 1. The second-order valence-electron chi connectivity index (χ2n) is 4.34. The van der Waals surface area contributed by atoms with E-state index >= 15 is 0 Å². The highest BCUT2D eigenvalue weighted by molar-refractivity contribution is 5.84. The minimum absolute atomic E-state index is 0.00750. The molecule has 0 bridgehead atoms. The number of nitrogens with zero attached hydrogens (tertiary/aromatic N) is 1. The standard InChI is InChI=1S/C11H20N2O2/c1-2-15-10(14)11(4-5-11)13-8-3-6-12-7-9-13/h12H,2-9H2,1H3. The van der Waals surface area contributed by atoms with Gasteiger partial charge in [0.25, 0.3) is 0 Å². The molecule has 2 rings (SSSR count). The molecule has 0 radical (unpaired) electrons. The fraction of sp³-hybridized carbons (Fsp3) is 0.909. The Balaban J connectivity index is 1.97. The number of nitrogens with one attached hydrogen (secondary N) is 1. The molecule has 1 aliphatic heterocycles. The lowest BCUT2D eigenvalue weighted by atomic mass is 10.2. The molecule has 15 heavy (non-hydrogen) atoms. The molecule has 0 atom stereocenters. The molecular formula is C11H20N2O2. The highest BCUT2D eigenvalue weighted by Gasteiger charge is 2.55. The summed E-state index contributed by atoms with van der Waals surface area (Å²) < 4.78 is 5.16. The molecule has 1 aliphatic carbocycles. The van der Waals surface area contributed by atoms with E-state index in [2.05, 4.69) is 10.2 Å². The van der Waals surface area contributed by atoms with E-state index in [4.69, 9.17) is 4.74 Å². The zero-order chi connectivity index (χ0) is 10.7. The van der Waals surface area contributed by atoms with Gasteiger partial charge in [0.05, 0.1) is 6.61 Å². The molecule has 4 nitrogen and oxygen atoms in total. The summed E-state index contributed by atoms with van der Waals surface area (Å²) in [6.45, 7) is 6.41. The highest BCUT2D eigenvalue weighted by Crippen LogP contribution is 2.43. The van der Waals surface area contributed by atoms with Gasteiger partial charge < -0.3 is 10.1 Å². The van der Waals surface area contributed by atoms with Crippen molar-refractivity contribution in [1.29, 1.82) is 0 Å². The minimum Gasteiger partial charge on any atom is -0.465 e. The lowest BCUT2D eigenvalue weighted by Gasteiger charge is -2.28. The van der Waals surface area contributed by atoms with Crippen LogP contribution in [0.25, 0.3) is 0 Å². The van der Waals surface area contributed by atoms with E-state index in [1.165, 1.54) is 0 Å².